The predicted molar refractivity (Wildman–Crippen MR) is 97.7 cm³/mol. The summed E-state index contributed by atoms with van der Waals surface area (Å²) in [6.07, 6.45) is 5.52. The zero-order valence-electron chi connectivity index (χ0n) is 13.1. The molecule has 0 aromatic heterocycles. The summed E-state index contributed by atoms with van der Waals surface area (Å²) in [6.45, 7) is 5.50. The summed E-state index contributed by atoms with van der Waals surface area (Å²) in [6, 6.07) is 4.66. The molecule has 0 unspecified atom stereocenters. The summed E-state index contributed by atoms with van der Waals surface area (Å²) in [5, 5.41) is 9.98. The lowest BCUT2D eigenvalue weighted by Crippen LogP contribution is -2.53. The van der Waals surface area contributed by atoms with Crippen molar-refractivity contribution in [1.82, 2.24) is 0 Å². The molecule has 1 aromatic carbocycles. The van der Waals surface area contributed by atoms with Gasteiger partial charge in [-0.25, -0.2) is 0 Å². The SMILES string of the molecule is C=CC1=CC[C@H]2C(=O)C=C(C)C(=O)[C@@]2(Br)[C@H]1c1ccc(O)cc1Cl. The number of carbonyl (C=O) groups is 2. The van der Waals surface area contributed by atoms with E-state index in [0.717, 1.165) is 5.57 Å². The Kier molecular flexibility index (Phi) is 4.30. The van der Waals surface area contributed by atoms with Crippen molar-refractivity contribution in [2.45, 2.75) is 23.6 Å². The van der Waals surface area contributed by atoms with Crippen molar-refractivity contribution in [2.24, 2.45) is 5.92 Å². The second-order valence-electron chi connectivity index (χ2n) is 6.16. The van der Waals surface area contributed by atoms with Crippen LogP contribution in [0, 0.1) is 5.92 Å². The molecule has 3 rings (SSSR count). The maximum absolute atomic E-state index is 13.0. The van der Waals surface area contributed by atoms with Crippen LogP contribution >= 0.6 is 27.5 Å². The van der Waals surface area contributed by atoms with E-state index in [1.54, 1.807) is 19.1 Å². The van der Waals surface area contributed by atoms with Gasteiger partial charge in [-0.2, -0.15) is 0 Å². The van der Waals surface area contributed by atoms with E-state index in [4.69, 9.17) is 11.6 Å². The molecule has 0 heterocycles. The number of phenolic OH excluding ortho intramolecular Hbond substituents is 1. The van der Waals surface area contributed by atoms with E-state index in [2.05, 4.69) is 22.5 Å². The van der Waals surface area contributed by atoms with Crippen molar-refractivity contribution in [3.63, 3.8) is 0 Å². The average molecular weight is 408 g/mol. The number of hydrogen-bond acceptors (Lipinski definition) is 3. The lowest BCUT2D eigenvalue weighted by Gasteiger charge is -2.45. The van der Waals surface area contributed by atoms with E-state index in [9.17, 15) is 14.7 Å². The smallest absolute Gasteiger partial charge is 0.177 e. The average Bonchev–Trinajstić information content (AvgIpc) is 2.53. The number of halogens is 2. The first-order valence-electron chi connectivity index (χ1n) is 7.57. The summed E-state index contributed by atoms with van der Waals surface area (Å²) in [5.41, 5.74) is 1.95. The molecule has 0 spiro atoms. The molecule has 3 nitrogen and oxygen atoms in total. The molecule has 0 saturated heterocycles. The van der Waals surface area contributed by atoms with E-state index in [0.29, 0.717) is 22.6 Å². The summed E-state index contributed by atoms with van der Waals surface area (Å²) in [5.74, 6) is -1.09. The summed E-state index contributed by atoms with van der Waals surface area (Å²) in [4.78, 5) is 25.5. The Balaban J connectivity index is 2.27. The third-order valence-corrected chi connectivity index (χ3v) is 6.49. The van der Waals surface area contributed by atoms with E-state index in [1.807, 2.05) is 6.08 Å². The Morgan fingerprint density at radius 1 is 1.42 bits per heavy atom. The molecule has 124 valence electrons. The first-order chi connectivity index (χ1) is 11.3. The molecule has 2 aliphatic carbocycles. The normalized spacial score (nSPS) is 29.6. The monoisotopic (exact) mass is 406 g/mol. The first-order valence-corrected chi connectivity index (χ1v) is 8.74. The van der Waals surface area contributed by atoms with Crippen molar-refractivity contribution < 1.29 is 14.7 Å². The molecule has 5 heteroatoms. The van der Waals surface area contributed by atoms with Crippen LogP contribution in [0.25, 0.3) is 0 Å². The summed E-state index contributed by atoms with van der Waals surface area (Å²) < 4.78 is -1.10. The van der Waals surface area contributed by atoms with Crippen LogP contribution in [0.3, 0.4) is 0 Å². The molecule has 2 aliphatic rings. The van der Waals surface area contributed by atoms with Gasteiger partial charge in [0, 0.05) is 16.9 Å². The van der Waals surface area contributed by atoms with Gasteiger partial charge in [0.1, 0.15) is 10.1 Å². The molecule has 0 radical (unpaired) electrons. The number of ketones is 2. The number of aromatic hydroxyl groups is 1. The highest BCUT2D eigenvalue weighted by molar-refractivity contribution is 9.10. The number of carbonyl (C=O) groups excluding carboxylic acids is 2. The van der Waals surface area contributed by atoms with Crippen LogP contribution in [0.2, 0.25) is 5.02 Å². The highest BCUT2D eigenvalue weighted by Crippen LogP contribution is 2.55. The molecule has 0 bridgehead atoms. The van der Waals surface area contributed by atoms with Gasteiger partial charge in [-0.05, 0) is 48.3 Å². The molecule has 24 heavy (non-hydrogen) atoms. The Labute approximate surface area is 153 Å². The standard InChI is InChI=1S/C19H16BrClO3/c1-3-11-4-7-14-16(23)8-10(2)18(24)19(14,20)17(11)13-6-5-12(22)9-15(13)21/h3-6,8-9,14,17,22H,1,7H2,2H3/t14-,17+,19-/m0/s1. The van der Waals surface area contributed by atoms with Crippen molar-refractivity contribution in [3.05, 3.63) is 64.7 Å². The van der Waals surface area contributed by atoms with Gasteiger partial charge in [-0.1, -0.05) is 52.3 Å². The van der Waals surface area contributed by atoms with Gasteiger partial charge in [-0.15, -0.1) is 0 Å². The van der Waals surface area contributed by atoms with E-state index in [1.165, 1.54) is 18.2 Å². The molecule has 0 fully saturated rings. The lowest BCUT2D eigenvalue weighted by atomic mass is 9.62. The van der Waals surface area contributed by atoms with Crippen molar-refractivity contribution in [3.8, 4) is 5.75 Å². The van der Waals surface area contributed by atoms with Crippen LogP contribution in [0.4, 0.5) is 0 Å². The first kappa shape index (κ1) is 17.2. The number of fused-ring (bicyclic) bond motifs is 1. The lowest BCUT2D eigenvalue weighted by molar-refractivity contribution is -0.128. The number of allylic oxidation sites excluding steroid dienone is 5. The van der Waals surface area contributed by atoms with E-state index >= 15 is 0 Å². The molecule has 0 aliphatic heterocycles. The number of benzene rings is 1. The van der Waals surface area contributed by atoms with Crippen LogP contribution in [0.15, 0.2) is 54.2 Å². The Morgan fingerprint density at radius 3 is 2.75 bits per heavy atom. The van der Waals surface area contributed by atoms with Crippen LogP contribution in [-0.4, -0.2) is 21.0 Å². The van der Waals surface area contributed by atoms with Crippen LogP contribution in [0.1, 0.15) is 24.8 Å². The van der Waals surface area contributed by atoms with E-state index in [-0.39, 0.29) is 17.3 Å². The zero-order chi connectivity index (χ0) is 17.6. The second-order valence-corrected chi connectivity index (χ2v) is 7.88. The number of Topliss-reactive ketones (excluding diaryl/α,β-unsaturated/α-hetero) is 1. The maximum atomic E-state index is 13.0. The summed E-state index contributed by atoms with van der Waals surface area (Å²) in [7, 11) is 0. The van der Waals surface area contributed by atoms with Crippen LogP contribution in [0.5, 0.6) is 5.75 Å². The van der Waals surface area contributed by atoms with Gasteiger partial charge >= 0.3 is 0 Å². The fourth-order valence-electron chi connectivity index (χ4n) is 3.64. The predicted octanol–water partition coefficient (Wildman–Crippen LogP) is 4.49. The third kappa shape index (κ3) is 2.40. The number of rotatable bonds is 2. The van der Waals surface area contributed by atoms with Gasteiger partial charge in [0.25, 0.3) is 0 Å². The van der Waals surface area contributed by atoms with Gasteiger partial charge in [0.15, 0.2) is 11.6 Å². The zero-order valence-corrected chi connectivity index (χ0v) is 15.4. The largest absolute Gasteiger partial charge is 0.508 e. The Bertz CT molecular complexity index is 824. The minimum atomic E-state index is -1.10. The fraction of sp³-hybridized carbons (Fsp3) is 0.263. The highest BCUT2D eigenvalue weighted by atomic mass is 79.9. The van der Waals surface area contributed by atoms with Gasteiger partial charge < -0.3 is 5.11 Å². The maximum Gasteiger partial charge on any atom is 0.177 e. The molecule has 1 aromatic rings. The molecular formula is C19H16BrClO3. The molecule has 0 saturated carbocycles. The van der Waals surface area contributed by atoms with Gasteiger partial charge in [0.2, 0.25) is 0 Å². The quantitative estimate of drug-likeness (QED) is 0.735. The molecule has 0 amide bonds. The number of alkyl halides is 1. The van der Waals surface area contributed by atoms with E-state index < -0.39 is 16.2 Å². The van der Waals surface area contributed by atoms with Gasteiger partial charge in [-0.3, -0.25) is 9.59 Å². The van der Waals surface area contributed by atoms with Crippen molar-refractivity contribution in [1.29, 1.82) is 0 Å². The van der Waals surface area contributed by atoms with Crippen LogP contribution in [-0.2, 0) is 9.59 Å². The minimum absolute atomic E-state index is 0.0472. The van der Waals surface area contributed by atoms with Gasteiger partial charge in [0.05, 0.1) is 0 Å². The second kappa shape index (κ2) is 6.01. The topological polar surface area (TPSA) is 54.4 Å². The van der Waals surface area contributed by atoms with Crippen molar-refractivity contribution in [2.75, 3.05) is 0 Å². The fourth-order valence-corrected chi connectivity index (χ4v) is 5.16. The number of phenols is 1. The van der Waals surface area contributed by atoms with Crippen molar-refractivity contribution >= 4 is 39.1 Å². The third-order valence-electron chi connectivity index (χ3n) is 4.79. The van der Waals surface area contributed by atoms with Crippen LogP contribution < -0.4 is 0 Å². The minimum Gasteiger partial charge on any atom is -0.508 e. The Morgan fingerprint density at radius 2 is 2.12 bits per heavy atom. The number of hydrogen-bond donors (Lipinski definition) is 1. The summed E-state index contributed by atoms with van der Waals surface area (Å²) >= 11 is 9.98. The molecule has 1 N–H and O–H groups in total. The molecule has 3 atom stereocenters. The molecular weight excluding hydrogens is 392 g/mol. The highest BCUT2D eigenvalue weighted by Gasteiger charge is 2.57. The Hall–Kier alpha value is -1.65.